The average Bonchev–Trinajstić information content (AvgIpc) is 1.89. The van der Waals surface area contributed by atoms with Crippen LogP contribution in [0, 0.1) is 0 Å². The van der Waals surface area contributed by atoms with Crippen LogP contribution in [0.3, 0.4) is 0 Å². The second-order valence-electron chi connectivity index (χ2n) is 1.99. The van der Waals surface area contributed by atoms with Gasteiger partial charge in [-0.15, -0.1) is 0 Å². The monoisotopic (exact) mass is 141 g/mol. The van der Waals surface area contributed by atoms with E-state index < -0.39 is 0 Å². The molecule has 0 aliphatic heterocycles. The van der Waals surface area contributed by atoms with Crippen molar-refractivity contribution in [3.63, 3.8) is 0 Å². The Morgan fingerprint density at radius 1 is 1.40 bits per heavy atom. The number of hydrogen-bond acceptors (Lipinski definition) is 3. The summed E-state index contributed by atoms with van der Waals surface area (Å²) < 4.78 is 0. The molecule has 0 amide bonds. The maximum Gasteiger partial charge on any atom is 0.0932 e. The van der Waals surface area contributed by atoms with Crippen LogP contribution in [0.2, 0.25) is 0 Å². The Morgan fingerprint density at radius 3 is 2.40 bits per heavy atom. The van der Waals surface area contributed by atoms with E-state index in [1.165, 1.54) is 0 Å². The number of hydrazine groups is 1. The van der Waals surface area contributed by atoms with Crippen LogP contribution in [0.5, 0.6) is 0 Å². The second-order valence-corrected chi connectivity index (χ2v) is 1.99. The van der Waals surface area contributed by atoms with Crippen molar-refractivity contribution in [2.24, 2.45) is 0 Å². The third-order valence-corrected chi connectivity index (χ3v) is 1.23. The van der Waals surface area contributed by atoms with E-state index in [1.54, 1.807) is 12.4 Å². The molecule has 1 unspecified atom stereocenters. The van der Waals surface area contributed by atoms with Crippen LogP contribution in [0.1, 0.15) is 6.92 Å². The van der Waals surface area contributed by atoms with E-state index in [9.17, 15) is 0 Å². The molecule has 0 aromatic heterocycles. The number of hydrogen-bond donors (Lipinski definition) is 2. The van der Waals surface area contributed by atoms with E-state index in [1.807, 2.05) is 19.0 Å². The topological polar surface area (TPSA) is 27.3 Å². The fraction of sp³-hybridized carbons (Fsp3) is 0.429. The fourth-order valence-corrected chi connectivity index (χ4v) is 0.538. The van der Waals surface area contributed by atoms with E-state index >= 15 is 0 Å². The van der Waals surface area contributed by atoms with Gasteiger partial charge in [0.15, 0.2) is 0 Å². The second kappa shape index (κ2) is 4.88. The summed E-state index contributed by atoms with van der Waals surface area (Å²) in [5.41, 5.74) is 2.92. The minimum atomic E-state index is 0.218. The molecule has 0 saturated heterocycles. The molecular formula is C7H15N3. The molecule has 0 aromatic carbocycles. The van der Waals surface area contributed by atoms with Crippen LogP contribution in [-0.2, 0) is 0 Å². The van der Waals surface area contributed by atoms with E-state index in [4.69, 9.17) is 0 Å². The van der Waals surface area contributed by atoms with Crippen molar-refractivity contribution in [2.75, 3.05) is 7.05 Å². The van der Waals surface area contributed by atoms with Crippen molar-refractivity contribution >= 4 is 0 Å². The molecule has 1 atom stereocenters. The van der Waals surface area contributed by atoms with Crippen molar-refractivity contribution in [3.8, 4) is 0 Å². The standard InChI is InChI=1S/C7H15N3/c1-5-8-7(3)10(4)9-6-2/h5-9H,1-2H2,3-4H3. The van der Waals surface area contributed by atoms with Gasteiger partial charge in [0.1, 0.15) is 0 Å². The summed E-state index contributed by atoms with van der Waals surface area (Å²) in [6, 6.07) is 0. The van der Waals surface area contributed by atoms with Gasteiger partial charge in [0, 0.05) is 13.2 Å². The first-order chi connectivity index (χ1) is 4.72. The highest BCUT2D eigenvalue weighted by atomic mass is 15.5. The van der Waals surface area contributed by atoms with Gasteiger partial charge in [-0.05, 0) is 13.1 Å². The smallest absolute Gasteiger partial charge is 0.0932 e. The molecule has 0 fully saturated rings. The molecule has 3 heteroatoms. The summed E-state index contributed by atoms with van der Waals surface area (Å²) in [6.07, 6.45) is 3.50. The van der Waals surface area contributed by atoms with Crippen LogP contribution in [0.15, 0.2) is 25.6 Å². The van der Waals surface area contributed by atoms with Crippen molar-refractivity contribution in [1.29, 1.82) is 0 Å². The minimum Gasteiger partial charge on any atom is -0.375 e. The van der Waals surface area contributed by atoms with Crippen LogP contribution in [0.25, 0.3) is 0 Å². The lowest BCUT2D eigenvalue weighted by Crippen LogP contribution is -2.44. The lowest BCUT2D eigenvalue weighted by atomic mass is 10.5. The Balaban J connectivity index is 3.56. The molecule has 0 rings (SSSR count). The third-order valence-electron chi connectivity index (χ3n) is 1.23. The van der Waals surface area contributed by atoms with Gasteiger partial charge in [0.25, 0.3) is 0 Å². The molecule has 0 radical (unpaired) electrons. The zero-order valence-electron chi connectivity index (χ0n) is 6.59. The van der Waals surface area contributed by atoms with Gasteiger partial charge in [-0.3, -0.25) is 0 Å². The van der Waals surface area contributed by atoms with E-state index in [0.717, 1.165) is 0 Å². The normalized spacial score (nSPS) is 12.3. The van der Waals surface area contributed by atoms with Crippen LogP contribution in [0.4, 0.5) is 0 Å². The van der Waals surface area contributed by atoms with Gasteiger partial charge in [0.05, 0.1) is 6.17 Å². The maximum absolute atomic E-state index is 3.55. The van der Waals surface area contributed by atoms with Gasteiger partial charge in [-0.25, -0.2) is 5.01 Å². The van der Waals surface area contributed by atoms with Crippen molar-refractivity contribution in [3.05, 3.63) is 25.6 Å². The molecule has 0 heterocycles. The van der Waals surface area contributed by atoms with Gasteiger partial charge in [-0.1, -0.05) is 13.2 Å². The molecule has 3 nitrogen and oxygen atoms in total. The highest BCUT2D eigenvalue weighted by Crippen LogP contribution is 1.84. The first kappa shape index (κ1) is 9.04. The molecule has 0 aliphatic carbocycles. The van der Waals surface area contributed by atoms with Crippen LogP contribution in [-0.4, -0.2) is 18.2 Å². The van der Waals surface area contributed by atoms with E-state index in [2.05, 4.69) is 23.9 Å². The van der Waals surface area contributed by atoms with Gasteiger partial charge in [-0.2, -0.15) is 0 Å². The molecule has 0 aliphatic rings. The fourth-order valence-electron chi connectivity index (χ4n) is 0.538. The highest BCUT2D eigenvalue weighted by Gasteiger charge is 2.01. The largest absolute Gasteiger partial charge is 0.375 e. The molecule has 0 spiro atoms. The molecule has 0 saturated carbocycles. The molecule has 10 heavy (non-hydrogen) atoms. The summed E-state index contributed by atoms with van der Waals surface area (Å²) in [7, 11) is 1.92. The average molecular weight is 141 g/mol. The molecule has 58 valence electrons. The Kier molecular flexibility index (Phi) is 4.41. The lowest BCUT2D eigenvalue weighted by Gasteiger charge is -2.23. The Morgan fingerprint density at radius 2 is 2.00 bits per heavy atom. The SMILES string of the molecule is C=CNC(C)N(C)NC=C. The Labute approximate surface area is 62.4 Å². The highest BCUT2D eigenvalue weighted by molar-refractivity contribution is 4.70. The summed E-state index contributed by atoms with van der Waals surface area (Å²) in [5.74, 6) is 0. The number of nitrogens with one attached hydrogen (secondary N) is 2. The Hall–Kier alpha value is -0.960. The van der Waals surface area contributed by atoms with Gasteiger partial charge >= 0.3 is 0 Å². The first-order valence-electron chi connectivity index (χ1n) is 3.19. The molecule has 0 aromatic rings. The Bertz CT molecular complexity index is 97.4. The summed E-state index contributed by atoms with van der Waals surface area (Å²) in [4.78, 5) is 0. The number of nitrogens with zero attached hydrogens (tertiary/aromatic N) is 1. The minimum absolute atomic E-state index is 0.218. The maximum atomic E-state index is 3.55. The summed E-state index contributed by atoms with van der Waals surface area (Å²) >= 11 is 0. The summed E-state index contributed by atoms with van der Waals surface area (Å²) in [5, 5.41) is 4.89. The van der Waals surface area contributed by atoms with Crippen LogP contribution >= 0.6 is 0 Å². The summed E-state index contributed by atoms with van der Waals surface area (Å²) in [6.45, 7) is 9.10. The predicted molar refractivity (Wildman–Crippen MR) is 43.9 cm³/mol. The van der Waals surface area contributed by atoms with Crippen LogP contribution < -0.4 is 10.7 Å². The predicted octanol–water partition coefficient (Wildman–Crippen LogP) is 0.645. The lowest BCUT2D eigenvalue weighted by molar-refractivity contribution is 0.190. The van der Waals surface area contributed by atoms with Crippen molar-refractivity contribution in [2.45, 2.75) is 13.1 Å². The zero-order chi connectivity index (χ0) is 7.98. The van der Waals surface area contributed by atoms with Crippen molar-refractivity contribution in [1.82, 2.24) is 15.8 Å². The van der Waals surface area contributed by atoms with Gasteiger partial charge < -0.3 is 10.7 Å². The van der Waals surface area contributed by atoms with E-state index in [0.29, 0.717) is 0 Å². The molecule has 2 N–H and O–H groups in total. The van der Waals surface area contributed by atoms with E-state index in [-0.39, 0.29) is 6.17 Å². The number of rotatable bonds is 5. The van der Waals surface area contributed by atoms with Crippen molar-refractivity contribution < 1.29 is 0 Å². The third kappa shape index (κ3) is 3.14. The quantitative estimate of drug-likeness (QED) is 0.435. The first-order valence-corrected chi connectivity index (χ1v) is 3.19. The van der Waals surface area contributed by atoms with Gasteiger partial charge in [0.2, 0.25) is 0 Å². The zero-order valence-corrected chi connectivity index (χ0v) is 6.59. The molecular weight excluding hydrogens is 126 g/mol. The molecule has 0 bridgehead atoms.